The molecule has 0 saturated carbocycles. The van der Waals surface area contributed by atoms with Crippen LogP contribution in [0.4, 0.5) is 17.3 Å². The number of fused-ring (bicyclic) bond motifs is 3. The third-order valence-corrected chi connectivity index (χ3v) is 6.76. The summed E-state index contributed by atoms with van der Waals surface area (Å²) in [6.45, 7) is 0. The molecule has 0 unspecified atom stereocenters. The van der Waals surface area contributed by atoms with Gasteiger partial charge in [-0.3, -0.25) is 0 Å². The molecular weight excluding hydrogens is 436 g/mol. The van der Waals surface area contributed by atoms with Crippen LogP contribution in [0.1, 0.15) is 28.8 Å². The van der Waals surface area contributed by atoms with Gasteiger partial charge in [-0.25, -0.2) is 4.68 Å². The van der Waals surface area contributed by atoms with E-state index < -0.39 is 0 Å². The quantitative estimate of drug-likeness (QED) is 0.460. The Morgan fingerprint density at radius 1 is 0.800 bits per heavy atom. The average molecular weight is 465 g/mol. The van der Waals surface area contributed by atoms with E-state index >= 15 is 0 Å². The van der Waals surface area contributed by atoms with E-state index in [2.05, 4.69) is 93.9 Å². The van der Waals surface area contributed by atoms with Crippen molar-refractivity contribution in [3.8, 4) is 5.75 Å². The monoisotopic (exact) mass is 464 g/mol. The van der Waals surface area contributed by atoms with Crippen molar-refractivity contribution < 1.29 is 4.74 Å². The summed E-state index contributed by atoms with van der Waals surface area (Å²) in [4.78, 5) is 8.73. The molecule has 7 nitrogen and oxygen atoms in total. The van der Waals surface area contributed by atoms with Crippen molar-refractivity contribution in [1.29, 1.82) is 0 Å². The molecule has 0 radical (unpaired) electrons. The summed E-state index contributed by atoms with van der Waals surface area (Å²) in [5.74, 6) is 1.58. The molecule has 3 heterocycles. The molecule has 35 heavy (non-hydrogen) atoms. The first-order valence-electron chi connectivity index (χ1n) is 11.7. The number of rotatable bonds is 4. The number of para-hydroxylation sites is 1. The van der Waals surface area contributed by atoms with Crippen molar-refractivity contribution in [2.45, 2.75) is 12.1 Å². The van der Waals surface area contributed by atoms with E-state index in [1.165, 1.54) is 0 Å². The highest BCUT2D eigenvalue weighted by atomic mass is 16.5. The van der Waals surface area contributed by atoms with Crippen LogP contribution in [-0.4, -0.2) is 43.0 Å². The van der Waals surface area contributed by atoms with Gasteiger partial charge in [-0.05, 0) is 47.5 Å². The Labute approximate surface area is 205 Å². The van der Waals surface area contributed by atoms with Crippen LogP contribution >= 0.6 is 0 Å². The normalized spacial score (nSPS) is 18.1. The standard InChI is InChI=1S/C28H28N6O/c1-32(2)20-13-9-18(10-14-20)26-24-25(31-28-29-17-30-34(26)28)22-7-5-6-8-23(22)35-27(24)19-11-15-21(16-12-19)33(3)4/h5-17,26-27H,1-4H3,(H,29,30,31)/t26-,27-/m1/s1. The van der Waals surface area contributed by atoms with Gasteiger partial charge in [0.15, 0.2) is 0 Å². The molecule has 1 N–H and O–H groups in total. The molecule has 0 fully saturated rings. The second-order valence-electron chi connectivity index (χ2n) is 9.35. The SMILES string of the molecule is CN(C)c1ccc([C@H]2Oc3ccccc3C3=C2[C@@H](c2ccc(N(C)C)cc2)n2ncnc2N3)cc1. The lowest BCUT2D eigenvalue weighted by Crippen LogP contribution is -2.32. The van der Waals surface area contributed by atoms with Crippen molar-refractivity contribution in [2.24, 2.45) is 0 Å². The second-order valence-corrected chi connectivity index (χ2v) is 9.35. The Morgan fingerprint density at radius 2 is 1.43 bits per heavy atom. The zero-order valence-electron chi connectivity index (χ0n) is 20.3. The first-order valence-corrected chi connectivity index (χ1v) is 11.7. The van der Waals surface area contributed by atoms with Crippen LogP contribution in [0.25, 0.3) is 5.70 Å². The van der Waals surface area contributed by atoms with Gasteiger partial charge in [-0.2, -0.15) is 10.1 Å². The van der Waals surface area contributed by atoms with Gasteiger partial charge in [0.25, 0.3) is 0 Å². The maximum atomic E-state index is 6.71. The van der Waals surface area contributed by atoms with Gasteiger partial charge in [-0.15, -0.1) is 0 Å². The molecule has 0 saturated heterocycles. The highest BCUT2D eigenvalue weighted by Gasteiger charge is 2.40. The van der Waals surface area contributed by atoms with Gasteiger partial charge in [0.2, 0.25) is 5.95 Å². The van der Waals surface area contributed by atoms with Gasteiger partial charge in [-0.1, -0.05) is 36.4 Å². The molecule has 0 amide bonds. The largest absolute Gasteiger partial charge is 0.480 e. The molecule has 176 valence electrons. The summed E-state index contributed by atoms with van der Waals surface area (Å²) in [6, 6.07) is 25.2. The fraction of sp³-hybridized carbons (Fsp3) is 0.214. The third kappa shape index (κ3) is 3.51. The van der Waals surface area contributed by atoms with Crippen LogP contribution in [0, 0.1) is 0 Å². The third-order valence-electron chi connectivity index (χ3n) is 6.76. The Hall–Kier alpha value is -4.26. The number of hydrogen-bond donors (Lipinski definition) is 1. The first kappa shape index (κ1) is 21.3. The number of anilines is 3. The van der Waals surface area contributed by atoms with Crippen LogP contribution in [0.5, 0.6) is 5.75 Å². The number of aromatic nitrogens is 3. The lowest BCUT2D eigenvalue weighted by atomic mass is 9.84. The fourth-order valence-electron chi connectivity index (χ4n) is 4.92. The lowest BCUT2D eigenvalue weighted by molar-refractivity contribution is 0.223. The van der Waals surface area contributed by atoms with Crippen LogP contribution in [0.2, 0.25) is 0 Å². The van der Waals surface area contributed by atoms with Crippen LogP contribution in [0.3, 0.4) is 0 Å². The minimum Gasteiger partial charge on any atom is -0.480 e. The zero-order chi connectivity index (χ0) is 24.1. The molecule has 4 aromatic rings. The zero-order valence-corrected chi connectivity index (χ0v) is 20.3. The Balaban J connectivity index is 1.55. The van der Waals surface area contributed by atoms with Crippen molar-refractivity contribution in [3.63, 3.8) is 0 Å². The Bertz CT molecular complexity index is 1400. The van der Waals surface area contributed by atoms with Crippen molar-refractivity contribution >= 4 is 23.0 Å². The van der Waals surface area contributed by atoms with Crippen LogP contribution in [-0.2, 0) is 0 Å². The second kappa shape index (κ2) is 8.20. The number of nitrogens with one attached hydrogen (secondary N) is 1. The number of benzene rings is 3. The molecule has 6 rings (SSSR count). The summed E-state index contributed by atoms with van der Waals surface area (Å²) in [5.41, 5.74) is 7.72. The number of hydrogen-bond acceptors (Lipinski definition) is 6. The summed E-state index contributed by atoms with van der Waals surface area (Å²) in [5, 5.41) is 8.19. The molecule has 2 aliphatic rings. The van der Waals surface area contributed by atoms with E-state index in [9.17, 15) is 0 Å². The molecule has 0 bridgehead atoms. The molecule has 7 heteroatoms. The van der Waals surface area contributed by atoms with Gasteiger partial charge >= 0.3 is 0 Å². The molecule has 2 aliphatic heterocycles. The summed E-state index contributed by atoms with van der Waals surface area (Å²) in [7, 11) is 8.20. The molecule has 0 aliphatic carbocycles. The average Bonchev–Trinajstić information content (AvgIpc) is 3.35. The van der Waals surface area contributed by atoms with Gasteiger partial charge in [0.05, 0.1) is 5.70 Å². The fourth-order valence-corrected chi connectivity index (χ4v) is 4.92. The van der Waals surface area contributed by atoms with E-state index in [1.54, 1.807) is 6.33 Å². The summed E-state index contributed by atoms with van der Waals surface area (Å²) in [6.07, 6.45) is 1.33. The molecule has 2 atom stereocenters. The van der Waals surface area contributed by atoms with E-state index in [4.69, 9.17) is 4.74 Å². The van der Waals surface area contributed by atoms with E-state index in [0.717, 1.165) is 51.0 Å². The molecule has 1 aromatic heterocycles. The Morgan fingerprint density at radius 3 is 2.09 bits per heavy atom. The topological polar surface area (TPSA) is 58.5 Å². The predicted molar refractivity (Wildman–Crippen MR) is 140 cm³/mol. The van der Waals surface area contributed by atoms with Gasteiger partial charge in [0, 0.05) is 50.7 Å². The minimum atomic E-state index is -0.278. The first-order chi connectivity index (χ1) is 17.0. The molecule has 3 aromatic carbocycles. The van der Waals surface area contributed by atoms with Crippen molar-refractivity contribution in [3.05, 3.63) is 101 Å². The van der Waals surface area contributed by atoms with Crippen LogP contribution in [0.15, 0.2) is 84.7 Å². The van der Waals surface area contributed by atoms with Crippen LogP contribution < -0.4 is 19.9 Å². The minimum absolute atomic E-state index is 0.160. The predicted octanol–water partition coefficient (Wildman–Crippen LogP) is 4.97. The maximum Gasteiger partial charge on any atom is 0.226 e. The lowest BCUT2D eigenvalue weighted by Gasteiger charge is -2.39. The van der Waals surface area contributed by atoms with Gasteiger partial charge in [0.1, 0.15) is 24.2 Å². The molecular formula is C28H28N6O. The maximum absolute atomic E-state index is 6.71. The van der Waals surface area contributed by atoms with Gasteiger partial charge < -0.3 is 19.9 Å². The smallest absolute Gasteiger partial charge is 0.226 e. The van der Waals surface area contributed by atoms with E-state index in [-0.39, 0.29) is 12.1 Å². The number of nitrogens with zero attached hydrogens (tertiary/aromatic N) is 5. The Kier molecular flexibility index (Phi) is 4.99. The van der Waals surface area contributed by atoms with Crippen molar-refractivity contribution in [2.75, 3.05) is 43.3 Å². The highest BCUT2D eigenvalue weighted by molar-refractivity contribution is 5.85. The molecule has 0 spiro atoms. The summed E-state index contributed by atoms with van der Waals surface area (Å²) >= 11 is 0. The summed E-state index contributed by atoms with van der Waals surface area (Å²) < 4.78 is 8.67. The van der Waals surface area contributed by atoms with Crippen molar-refractivity contribution in [1.82, 2.24) is 14.8 Å². The number of ether oxygens (including phenoxy) is 1. The van der Waals surface area contributed by atoms with E-state index in [0.29, 0.717) is 0 Å². The highest BCUT2D eigenvalue weighted by Crippen LogP contribution is 2.50. The van der Waals surface area contributed by atoms with E-state index in [1.807, 2.05) is 37.0 Å².